The van der Waals surface area contributed by atoms with Gasteiger partial charge in [0.1, 0.15) is 0 Å². The molecule has 0 radical (unpaired) electrons. The monoisotopic (exact) mass is 200 g/mol. The molecule has 0 heterocycles. The van der Waals surface area contributed by atoms with Crippen molar-refractivity contribution in [2.45, 2.75) is 51.6 Å². The summed E-state index contributed by atoms with van der Waals surface area (Å²) in [6.45, 7) is 5.11. The van der Waals surface area contributed by atoms with Gasteiger partial charge in [-0.1, -0.05) is 26.7 Å². The predicted octanol–water partition coefficient (Wildman–Crippen LogP) is 2.60. The normalized spacial score (nSPS) is 34.7. The number of ether oxygens (including phenoxy) is 1. The van der Waals surface area contributed by atoms with Crippen LogP contribution in [-0.4, -0.2) is 24.4 Å². The second kappa shape index (κ2) is 5.13. The van der Waals surface area contributed by atoms with E-state index in [9.17, 15) is 5.11 Å². The molecule has 14 heavy (non-hydrogen) atoms. The third kappa shape index (κ3) is 2.29. The van der Waals surface area contributed by atoms with Crippen molar-refractivity contribution in [3.63, 3.8) is 0 Å². The molecular weight excluding hydrogens is 176 g/mol. The Kier molecular flexibility index (Phi) is 4.39. The highest BCUT2D eigenvalue weighted by atomic mass is 16.5. The molecule has 1 fully saturated rings. The first kappa shape index (κ1) is 12.0. The first-order valence-electron chi connectivity index (χ1n) is 5.86. The van der Waals surface area contributed by atoms with Gasteiger partial charge < -0.3 is 9.84 Å². The lowest BCUT2D eigenvalue weighted by Gasteiger charge is -2.35. The molecule has 0 saturated heterocycles. The Morgan fingerprint density at radius 2 is 2.29 bits per heavy atom. The van der Waals surface area contributed by atoms with Crippen molar-refractivity contribution in [1.29, 1.82) is 0 Å². The van der Waals surface area contributed by atoms with Crippen LogP contribution in [0.4, 0.5) is 0 Å². The van der Waals surface area contributed by atoms with Gasteiger partial charge in [0.25, 0.3) is 0 Å². The maximum absolute atomic E-state index is 10.6. The zero-order chi connectivity index (χ0) is 10.6. The minimum absolute atomic E-state index is 0.370. The SMILES string of the molecule is CCC1CCCC1(O)C(C)CCOC. The summed E-state index contributed by atoms with van der Waals surface area (Å²) in [6, 6.07) is 0. The van der Waals surface area contributed by atoms with Crippen LogP contribution in [0.5, 0.6) is 0 Å². The zero-order valence-corrected chi connectivity index (χ0v) is 9.75. The molecular formula is C12H24O2. The van der Waals surface area contributed by atoms with E-state index in [0.717, 1.165) is 25.9 Å². The van der Waals surface area contributed by atoms with Crippen LogP contribution < -0.4 is 0 Å². The topological polar surface area (TPSA) is 29.5 Å². The van der Waals surface area contributed by atoms with Gasteiger partial charge in [-0.05, 0) is 31.1 Å². The molecule has 0 aliphatic heterocycles. The number of aliphatic hydroxyl groups is 1. The highest BCUT2D eigenvalue weighted by Gasteiger charge is 2.43. The van der Waals surface area contributed by atoms with Crippen molar-refractivity contribution in [1.82, 2.24) is 0 Å². The van der Waals surface area contributed by atoms with Crippen molar-refractivity contribution in [2.24, 2.45) is 11.8 Å². The molecule has 1 saturated carbocycles. The van der Waals surface area contributed by atoms with Gasteiger partial charge in [-0.15, -0.1) is 0 Å². The van der Waals surface area contributed by atoms with Crippen LogP contribution in [0.3, 0.4) is 0 Å². The highest BCUT2D eigenvalue weighted by Crippen LogP contribution is 2.43. The average Bonchev–Trinajstić information content (AvgIpc) is 2.57. The van der Waals surface area contributed by atoms with E-state index in [1.807, 2.05) is 0 Å². The Balaban J connectivity index is 2.53. The molecule has 0 amide bonds. The van der Waals surface area contributed by atoms with E-state index in [0.29, 0.717) is 11.8 Å². The van der Waals surface area contributed by atoms with Gasteiger partial charge in [0.05, 0.1) is 5.60 Å². The van der Waals surface area contributed by atoms with E-state index in [1.165, 1.54) is 12.8 Å². The van der Waals surface area contributed by atoms with Crippen molar-refractivity contribution >= 4 is 0 Å². The fourth-order valence-electron chi connectivity index (χ4n) is 2.84. The van der Waals surface area contributed by atoms with Crippen LogP contribution in [0.15, 0.2) is 0 Å². The molecule has 0 spiro atoms. The molecule has 3 unspecified atom stereocenters. The van der Waals surface area contributed by atoms with Crippen LogP contribution in [-0.2, 0) is 4.74 Å². The largest absolute Gasteiger partial charge is 0.389 e. The van der Waals surface area contributed by atoms with Crippen molar-refractivity contribution in [2.75, 3.05) is 13.7 Å². The smallest absolute Gasteiger partial charge is 0.0701 e. The molecule has 1 N–H and O–H groups in total. The lowest BCUT2D eigenvalue weighted by atomic mass is 9.77. The Bertz CT molecular complexity index is 170. The Hall–Kier alpha value is -0.0800. The van der Waals surface area contributed by atoms with E-state index in [1.54, 1.807) is 7.11 Å². The summed E-state index contributed by atoms with van der Waals surface area (Å²) in [4.78, 5) is 0. The Morgan fingerprint density at radius 1 is 1.57 bits per heavy atom. The second-order valence-corrected chi connectivity index (χ2v) is 4.67. The van der Waals surface area contributed by atoms with Gasteiger partial charge in [-0.3, -0.25) is 0 Å². The molecule has 0 aromatic heterocycles. The van der Waals surface area contributed by atoms with E-state index in [4.69, 9.17) is 4.74 Å². The second-order valence-electron chi connectivity index (χ2n) is 4.67. The number of methoxy groups -OCH3 is 1. The van der Waals surface area contributed by atoms with Gasteiger partial charge in [0, 0.05) is 13.7 Å². The summed E-state index contributed by atoms with van der Waals surface area (Å²) in [5.74, 6) is 0.879. The standard InChI is InChI=1S/C12H24O2/c1-4-11-6-5-8-12(11,13)10(2)7-9-14-3/h10-11,13H,4-9H2,1-3H3. The summed E-state index contributed by atoms with van der Waals surface area (Å²) in [6.07, 6.45) is 5.45. The fourth-order valence-corrected chi connectivity index (χ4v) is 2.84. The van der Waals surface area contributed by atoms with Crippen LogP contribution in [0.25, 0.3) is 0 Å². The Morgan fingerprint density at radius 3 is 2.86 bits per heavy atom. The van der Waals surface area contributed by atoms with E-state index >= 15 is 0 Å². The molecule has 84 valence electrons. The fraction of sp³-hybridized carbons (Fsp3) is 1.00. The number of hydrogen-bond donors (Lipinski definition) is 1. The molecule has 1 rings (SSSR count). The minimum atomic E-state index is -0.409. The lowest BCUT2D eigenvalue weighted by molar-refractivity contribution is -0.0549. The van der Waals surface area contributed by atoms with Crippen molar-refractivity contribution < 1.29 is 9.84 Å². The van der Waals surface area contributed by atoms with Crippen LogP contribution in [0, 0.1) is 11.8 Å². The highest BCUT2D eigenvalue weighted by molar-refractivity contribution is 4.95. The molecule has 2 heteroatoms. The van der Waals surface area contributed by atoms with Gasteiger partial charge in [0.15, 0.2) is 0 Å². The molecule has 0 aromatic carbocycles. The minimum Gasteiger partial charge on any atom is -0.389 e. The molecule has 1 aliphatic rings. The first-order chi connectivity index (χ1) is 6.65. The molecule has 1 aliphatic carbocycles. The van der Waals surface area contributed by atoms with Crippen LogP contribution in [0.2, 0.25) is 0 Å². The summed E-state index contributed by atoms with van der Waals surface area (Å²) in [5, 5.41) is 10.6. The van der Waals surface area contributed by atoms with E-state index < -0.39 is 5.60 Å². The maximum atomic E-state index is 10.6. The van der Waals surface area contributed by atoms with Crippen molar-refractivity contribution in [3.05, 3.63) is 0 Å². The van der Waals surface area contributed by atoms with Crippen LogP contribution >= 0.6 is 0 Å². The van der Waals surface area contributed by atoms with Crippen LogP contribution in [0.1, 0.15) is 46.0 Å². The Labute approximate surface area is 87.7 Å². The van der Waals surface area contributed by atoms with Gasteiger partial charge in [-0.2, -0.15) is 0 Å². The maximum Gasteiger partial charge on any atom is 0.0701 e. The van der Waals surface area contributed by atoms with Crippen molar-refractivity contribution in [3.8, 4) is 0 Å². The van der Waals surface area contributed by atoms with Gasteiger partial charge >= 0.3 is 0 Å². The van der Waals surface area contributed by atoms with Gasteiger partial charge in [0.2, 0.25) is 0 Å². The summed E-state index contributed by atoms with van der Waals surface area (Å²) < 4.78 is 5.07. The summed E-state index contributed by atoms with van der Waals surface area (Å²) in [7, 11) is 1.72. The number of hydrogen-bond acceptors (Lipinski definition) is 2. The first-order valence-corrected chi connectivity index (χ1v) is 5.86. The average molecular weight is 200 g/mol. The summed E-state index contributed by atoms with van der Waals surface area (Å²) >= 11 is 0. The quantitative estimate of drug-likeness (QED) is 0.739. The molecule has 0 bridgehead atoms. The number of rotatable bonds is 5. The van der Waals surface area contributed by atoms with E-state index in [2.05, 4.69) is 13.8 Å². The predicted molar refractivity (Wildman–Crippen MR) is 58.2 cm³/mol. The van der Waals surface area contributed by atoms with Gasteiger partial charge in [-0.25, -0.2) is 0 Å². The van der Waals surface area contributed by atoms with E-state index in [-0.39, 0.29) is 0 Å². The molecule has 3 atom stereocenters. The third-order valence-corrected chi connectivity index (χ3v) is 3.94. The lowest BCUT2D eigenvalue weighted by Crippen LogP contribution is -2.40. The zero-order valence-electron chi connectivity index (χ0n) is 9.75. The third-order valence-electron chi connectivity index (χ3n) is 3.94. The summed E-state index contributed by atoms with van der Waals surface area (Å²) in [5.41, 5.74) is -0.409. The molecule has 2 nitrogen and oxygen atoms in total. The molecule has 0 aromatic rings.